The van der Waals surface area contributed by atoms with Crippen LogP contribution in [0, 0.1) is 0 Å². The third-order valence-electron chi connectivity index (χ3n) is 3.73. The van der Waals surface area contributed by atoms with Gasteiger partial charge in [0.15, 0.2) is 0 Å². The molecule has 0 spiro atoms. The molecule has 0 aromatic heterocycles. The van der Waals surface area contributed by atoms with Gasteiger partial charge < -0.3 is 15.8 Å². The molecule has 0 radical (unpaired) electrons. The van der Waals surface area contributed by atoms with Crippen LogP contribution in [0.1, 0.15) is 44.1 Å². The number of hydrogen-bond acceptors (Lipinski definition) is 3. The number of amides is 1. The van der Waals surface area contributed by atoms with Crippen molar-refractivity contribution < 1.29 is 9.53 Å². The van der Waals surface area contributed by atoms with Crippen LogP contribution in [0.3, 0.4) is 0 Å². The number of carbonyl (C=O) groups excluding carboxylic acids is 1. The maximum atomic E-state index is 11.8. The monoisotopic (exact) mass is 276 g/mol. The summed E-state index contributed by atoms with van der Waals surface area (Å²) in [7, 11) is 0. The van der Waals surface area contributed by atoms with Gasteiger partial charge in [0, 0.05) is 12.6 Å². The molecule has 0 saturated heterocycles. The summed E-state index contributed by atoms with van der Waals surface area (Å²) in [5.74, 6) is 0.878. The molecule has 2 rings (SSSR count). The second kappa shape index (κ2) is 7.90. The standard InChI is InChI=1S/C16H24N2O2/c17-12-13-6-8-15(9-7-13)20-11-10-16(19)18-14-4-2-1-3-5-14/h6-9,14H,1-5,10-12,17H2,(H,18,19). The first-order valence-electron chi connectivity index (χ1n) is 7.49. The van der Waals surface area contributed by atoms with E-state index in [1.165, 1.54) is 19.3 Å². The first-order valence-corrected chi connectivity index (χ1v) is 7.49. The lowest BCUT2D eigenvalue weighted by Gasteiger charge is -2.22. The first-order chi connectivity index (χ1) is 9.78. The molecule has 0 unspecified atom stereocenters. The summed E-state index contributed by atoms with van der Waals surface area (Å²) in [4.78, 5) is 11.8. The minimum absolute atomic E-state index is 0.0930. The third-order valence-corrected chi connectivity index (χ3v) is 3.73. The lowest BCUT2D eigenvalue weighted by Crippen LogP contribution is -2.36. The largest absolute Gasteiger partial charge is 0.493 e. The van der Waals surface area contributed by atoms with Crippen LogP contribution >= 0.6 is 0 Å². The summed E-state index contributed by atoms with van der Waals surface area (Å²) in [6, 6.07) is 8.04. The van der Waals surface area contributed by atoms with Crippen molar-refractivity contribution in [2.24, 2.45) is 5.73 Å². The second-order valence-electron chi connectivity index (χ2n) is 5.35. The van der Waals surface area contributed by atoms with Crippen LogP contribution in [-0.2, 0) is 11.3 Å². The molecule has 0 aliphatic heterocycles. The Balaban J connectivity index is 1.65. The fourth-order valence-corrected chi connectivity index (χ4v) is 2.53. The molecule has 4 heteroatoms. The van der Waals surface area contributed by atoms with Gasteiger partial charge in [-0.15, -0.1) is 0 Å². The molecule has 20 heavy (non-hydrogen) atoms. The predicted molar refractivity (Wildman–Crippen MR) is 79.5 cm³/mol. The summed E-state index contributed by atoms with van der Waals surface area (Å²) in [5.41, 5.74) is 6.61. The Hall–Kier alpha value is -1.55. The van der Waals surface area contributed by atoms with Crippen LogP contribution < -0.4 is 15.8 Å². The zero-order valence-electron chi connectivity index (χ0n) is 11.9. The van der Waals surface area contributed by atoms with E-state index in [1.54, 1.807) is 0 Å². The van der Waals surface area contributed by atoms with E-state index in [-0.39, 0.29) is 5.91 Å². The molecular formula is C16H24N2O2. The van der Waals surface area contributed by atoms with E-state index in [0.717, 1.165) is 24.2 Å². The van der Waals surface area contributed by atoms with Crippen molar-refractivity contribution in [3.05, 3.63) is 29.8 Å². The van der Waals surface area contributed by atoms with Crippen molar-refractivity contribution in [2.75, 3.05) is 6.61 Å². The topological polar surface area (TPSA) is 64.3 Å². The molecule has 0 bridgehead atoms. The van der Waals surface area contributed by atoms with Gasteiger partial charge in [0.1, 0.15) is 5.75 Å². The molecule has 1 aromatic rings. The van der Waals surface area contributed by atoms with Gasteiger partial charge in [-0.25, -0.2) is 0 Å². The van der Waals surface area contributed by atoms with E-state index in [0.29, 0.717) is 25.6 Å². The predicted octanol–water partition coefficient (Wildman–Crippen LogP) is 2.36. The Kier molecular flexibility index (Phi) is 5.87. The van der Waals surface area contributed by atoms with Gasteiger partial charge in [0.25, 0.3) is 0 Å². The van der Waals surface area contributed by atoms with Crippen molar-refractivity contribution in [1.29, 1.82) is 0 Å². The minimum Gasteiger partial charge on any atom is -0.493 e. The average molecular weight is 276 g/mol. The van der Waals surface area contributed by atoms with Crippen LogP contribution in [0.2, 0.25) is 0 Å². The zero-order chi connectivity index (χ0) is 14.2. The molecule has 1 aliphatic rings. The fourth-order valence-electron chi connectivity index (χ4n) is 2.53. The molecule has 1 aliphatic carbocycles. The number of hydrogen-bond donors (Lipinski definition) is 2. The fraction of sp³-hybridized carbons (Fsp3) is 0.562. The third kappa shape index (κ3) is 4.85. The van der Waals surface area contributed by atoms with Crippen molar-refractivity contribution in [3.63, 3.8) is 0 Å². The maximum Gasteiger partial charge on any atom is 0.223 e. The number of rotatable bonds is 6. The summed E-state index contributed by atoms with van der Waals surface area (Å²) in [6.45, 7) is 0.949. The number of nitrogens with one attached hydrogen (secondary N) is 1. The van der Waals surface area contributed by atoms with E-state index < -0.39 is 0 Å². The summed E-state index contributed by atoms with van der Waals surface area (Å²) in [6.07, 6.45) is 6.41. The van der Waals surface area contributed by atoms with Gasteiger partial charge >= 0.3 is 0 Å². The molecule has 1 saturated carbocycles. The van der Waals surface area contributed by atoms with Crippen LogP contribution in [0.15, 0.2) is 24.3 Å². The molecule has 0 atom stereocenters. The number of nitrogens with two attached hydrogens (primary N) is 1. The number of benzene rings is 1. The Morgan fingerprint density at radius 3 is 2.55 bits per heavy atom. The van der Waals surface area contributed by atoms with E-state index in [9.17, 15) is 4.79 Å². The molecule has 1 amide bonds. The van der Waals surface area contributed by atoms with Crippen LogP contribution in [0.25, 0.3) is 0 Å². The zero-order valence-corrected chi connectivity index (χ0v) is 11.9. The Morgan fingerprint density at radius 1 is 1.20 bits per heavy atom. The quantitative estimate of drug-likeness (QED) is 0.838. The van der Waals surface area contributed by atoms with E-state index >= 15 is 0 Å². The van der Waals surface area contributed by atoms with Gasteiger partial charge in [0.2, 0.25) is 5.91 Å². The van der Waals surface area contributed by atoms with Gasteiger partial charge in [0.05, 0.1) is 13.0 Å². The Bertz CT molecular complexity index is 411. The van der Waals surface area contributed by atoms with E-state index in [4.69, 9.17) is 10.5 Å². The highest BCUT2D eigenvalue weighted by Crippen LogP contribution is 2.17. The molecule has 110 valence electrons. The minimum atomic E-state index is 0.0930. The van der Waals surface area contributed by atoms with Gasteiger partial charge in [-0.1, -0.05) is 31.4 Å². The van der Waals surface area contributed by atoms with Crippen molar-refractivity contribution in [2.45, 2.75) is 51.1 Å². The van der Waals surface area contributed by atoms with Crippen LogP contribution in [0.5, 0.6) is 5.75 Å². The highest BCUT2D eigenvalue weighted by Gasteiger charge is 2.15. The van der Waals surface area contributed by atoms with Crippen molar-refractivity contribution in [1.82, 2.24) is 5.32 Å². The maximum absolute atomic E-state index is 11.8. The normalized spacial score (nSPS) is 15.8. The van der Waals surface area contributed by atoms with Gasteiger partial charge in [-0.05, 0) is 30.5 Å². The molecule has 1 aromatic carbocycles. The van der Waals surface area contributed by atoms with Crippen LogP contribution in [-0.4, -0.2) is 18.6 Å². The highest BCUT2D eigenvalue weighted by molar-refractivity contribution is 5.76. The molecular weight excluding hydrogens is 252 g/mol. The summed E-state index contributed by atoms with van der Waals surface area (Å²) >= 11 is 0. The number of carbonyl (C=O) groups is 1. The SMILES string of the molecule is NCc1ccc(OCCC(=O)NC2CCCCC2)cc1. The molecule has 1 fully saturated rings. The van der Waals surface area contributed by atoms with Gasteiger partial charge in [-0.2, -0.15) is 0 Å². The van der Waals surface area contributed by atoms with E-state index in [2.05, 4.69) is 5.32 Å². The lowest BCUT2D eigenvalue weighted by atomic mass is 9.95. The summed E-state index contributed by atoms with van der Waals surface area (Å²) < 4.78 is 5.56. The second-order valence-corrected chi connectivity index (χ2v) is 5.35. The Labute approximate surface area is 120 Å². The van der Waals surface area contributed by atoms with Crippen LogP contribution in [0.4, 0.5) is 0 Å². The van der Waals surface area contributed by atoms with Crippen molar-refractivity contribution >= 4 is 5.91 Å². The van der Waals surface area contributed by atoms with E-state index in [1.807, 2.05) is 24.3 Å². The molecule has 0 heterocycles. The smallest absolute Gasteiger partial charge is 0.223 e. The van der Waals surface area contributed by atoms with Crippen molar-refractivity contribution in [3.8, 4) is 5.75 Å². The lowest BCUT2D eigenvalue weighted by molar-refractivity contribution is -0.122. The average Bonchev–Trinajstić information content (AvgIpc) is 2.49. The highest BCUT2D eigenvalue weighted by atomic mass is 16.5. The number of ether oxygens (including phenoxy) is 1. The molecule has 4 nitrogen and oxygen atoms in total. The Morgan fingerprint density at radius 2 is 1.90 bits per heavy atom. The summed E-state index contributed by atoms with van der Waals surface area (Å²) in [5, 5.41) is 3.09. The van der Waals surface area contributed by atoms with Gasteiger partial charge in [-0.3, -0.25) is 4.79 Å². The molecule has 3 N–H and O–H groups in total. The first kappa shape index (κ1) is 14.9.